The van der Waals surface area contributed by atoms with Gasteiger partial charge in [-0.1, -0.05) is 0 Å². The zero-order chi connectivity index (χ0) is 9.52. The predicted molar refractivity (Wildman–Crippen MR) is 58.3 cm³/mol. The Labute approximate surface area is 83.4 Å². The Balaban J connectivity index is 2.25. The van der Waals surface area contributed by atoms with Crippen LogP contribution in [0.1, 0.15) is 12.0 Å². The molecule has 1 N–H and O–H groups in total. The minimum atomic E-state index is 0.728. The lowest BCUT2D eigenvalue weighted by atomic mass is 10.4. The van der Waals surface area contributed by atoms with Crippen LogP contribution < -0.4 is 5.32 Å². The van der Waals surface area contributed by atoms with Gasteiger partial charge in [0.1, 0.15) is 0 Å². The molecule has 0 bridgehead atoms. The maximum absolute atomic E-state index is 4.15. The van der Waals surface area contributed by atoms with Crippen LogP contribution in [0.4, 0.5) is 5.95 Å². The second kappa shape index (κ2) is 5.80. The molecule has 1 aromatic heterocycles. The minimum absolute atomic E-state index is 0.728. The second-order valence-corrected chi connectivity index (χ2v) is 3.84. The molecule has 0 aliphatic rings. The topological polar surface area (TPSA) is 37.8 Å². The molecule has 0 aromatic carbocycles. The van der Waals surface area contributed by atoms with E-state index >= 15 is 0 Å². The molecule has 0 amide bonds. The molecule has 0 saturated heterocycles. The van der Waals surface area contributed by atoms with Gasteiger partial charge in [-0.05, 0) is 30.9 Å². The van der Waals surface area contributed by atoms with Gasteiger partial charge in [0.15, 0.2) is 0 Å². The molecule has 0 spiro atoms. The van der Waals surface area contributed by atoms with Crippen LogP contribution in [0.25, 0.3) is 0 Å². The van der Waals surface area contributed by atoms with Gasteiger partial charge >= 0.3 is 0 Å². The SMILES string of the molecule is CSCCCNc1ncc(C)cn1. The van der Waals surface area contributed by atoms with E-state index in [1.165, 1.54) is 5.75 Å². The van der Waals surface area contributed by atoms with E-state index in [2.05, 4.69) is 21.5 Å². The van der Waals surface area contributed by atoms with Crippen LogP contribution in [0.3, 0.4) is 0 Å². The fourth-order valence-electron chi connectivity index (χ4n) is 0.901. The largest absolute Gasteiger partial charge is 0.354 e. The van der Waals surface area contributed by atoms with Crippen molar-refractivity contribution in [3.05, 3.63) is 18.0 Å². The third-order valence-electron chi connectivity index (χ3n) is 1.59. The summed E-state index contributed by atoms with van der Waals surface area (Å²) >= 11 is 1.86. The number of thioether (sulfide) groups is 1. The highest BCUT2D eigenvalue weighted by Gasteiger charge is 1.93. The van der Waals surface area contributed by atoms with Gasteiger partial charge in [-0.25, -0.2) is 9.97 Å². The molecular weight excluding hydrogens is 182 g/mol. The van der Waals surface area contributed by atoms with E-state index in [1.807, 2.05) is 31.1 Å². The number of rotatable bonds is 5. The quantitative estimate of drug-likeness (QED) is 0.732. The number of nitrogens with one attached hydrogen (secondary N) is 1. The Hall–Kier alpha value is -0.770. The van der Waals surface area contributed by atoms with Crippen LogP contribution in [0.5, 0.6) is 0 Å². The Morgan fingerprint density at radius 3 is 2.69 bits per heavy atom. The van der Waals surface area contributed by atoms with Crippen LogP contribution in [0.15, 0.2) is 12.4 Å². The van der Waals surface area contributed by atoms with Crippen molar-refractivity contribution in [2.45, 2.75) is 13.3 Å². The summed E-state index contributed by atoms with van der Waals surface area (Å²) in [5, 5.41) is 3.17. The molecule has 0 atom stereocenters. The number of nitrogens with zero attached hydrogens (tertiary/aromatic N) is 2. The van der Waals surface area contributed by atoms with Crippen molar-refractivity contribution in [1.82, 2.24) is 9.97 Å². The molecule has 1 heterocycles. The van der Waals surface area contributed by atoms with Gasteiger partial charge in [-0.15, -0.1) is 0 Å². The summed E-state index contributed by atoms with van der Waals surface area (Å²) in [5.74, 6) is 1.91. The summed E-state index contributed by atoms with van der Waals surface area (Å²) in [5.41, 5.74) is 1.09. The van der Waals surface area contributed by atoms with Crippen molar-refractivity contribution in [3.8, 4) is 0 Å². The number of anilines is 1. The molecule has 0 radical (unpaired) electrons. The zero-order valence-corrected chi connectivity index (χ0v) is 8.90. The highest BCUT2D eigenvalue weighted by Crippen LogP contribution is 2.00. The van der Waals surface area contributed by atoms with E-state index in [0.717, 1.165) is 24.5 Å². The predicted octanol–water partition coefficient (Wildman–Crippen LogP) is 1.95. The summed E-state index contributed by atoms with van der Waals surface area (Å²) in [7, 11) is 0. The second-order valence-electron chi connectivity index (χ2n) is 2.86. The smallest absolute Gasteiger partial charge is 0.222 e. The third-order valence-corrected chi connectivity index (χ3v) is 2.29. The number of aromatic nitrogens is 2. The fourth-order valence-corrected chi connectivity index (χ4v) is 1.33. The van der Waals surface area contributed by atoms with E-state index in [-0.39, 0.29) is 0 Å². The number of hydrogen-bond donors (Lipinski definition) is 1. The van der Waals surface area contributed by atoms with Crippen molar-refractivity contribution in [2.75, 3.05) is 23.9 Å². The van der Waals surface area contributed by atoms with Gasteiger partial charge < -0.3 is 5.32 Å². The maximum atomic E-state index is 4.15. The highest BCUT2D eigenvalue weighted by atomic mass is 32.2. The van der Waals surface area contributed by atoms with Gasteiger partial charge in [0.05, 0.1) is 0 Å². The molecule has 0 saturated carbocycles. The van der Waals surface area contributed by atoms with Crippen molar-refractivity contribution in [3.63, 3.8) is 0 Å². The number of hydrogen-bond acceptors (Lipinski definition) is 4. The molecule has 3 nitrogen and oxygen atoms in total. The van der Waals surface area contributed by atoms with Crippen LogP contribution >= 0.6 is 11.8 Å². The van der Waals surface area contributed by atoms with E-state index in [0.29, 0.717) is 0 Å². The molecule has 0 aliphatic carbocycles. The van der Waals surface area contributed by atoms with Gasteiger partial charge in [0.2, 0.25) is 5.95 Å². The Morgan fingerprint density at radius 2 is 2.08 bits per heavy atom. The molecule has 72 valence electrons. The maximum Gasteiger partial charge on any atom is 0.222 e. The van der Waals surface area contributed by atoms with Crippen LogP contribution in [0, 0.1) is 6.92 Å². The molecule has 1 aromatic rings. The summed E-state index contributed by atoms with van der Waals surface area (Å²) in [6.45, 7) is 2.93. The molecule has 1 rings (SSSR count). The van der Waals surface area contributed by atoms with Gasteiger partial charge in [-0.2, -0.15) is 11.8 Å². The average molecular weight is 197 g/mol. The first kappa shape index (κ1) is 10.3. The molecule has 0 unspecified atom stereocenters. The first-order valence-corrected chi connectivity index (χ1v) is 5.74. The van der Waals surface area contributed by atoms with Crippen molar-refractivity contribution < 1.29 is 0 Å². The third kappa shape index (κ3) is 4.12. The molecule has 13 heavy (non-hydrogen) atoms. The zero-order valence-electron chi connectivity index (χ0n) is 8.08. The lowest BCUT2D eigenvalue weighted by Gasteiger charge is -2.02. The Bertz CT molecular complexity index is 235. The summed E-state index contributed by atoms with van der Waals surface area (Å²) in [6.07, 6.45) is 6.91. The van der Waals surface area contributed by atoms with Crippen molar-refractivity contribution >= 4 is 17.7 Å². The lowest BCUT2D eigenvalue weighted by molar-refractivity contribution is 0.960. The standard InChI is InChI=1S/C9H15N3S/c1-8-6-11-9(12-7-8)10-4-3-5-13-2/h6-7H,3-5H2,1-2H3,(H,10,11,12). The van der Waals surface area contributed by atoms with Crippen LogP contribution in [-0.4, -0.2) is 28.5 Å². The normalized spacial score (nSPS) is 10.0. The molecular formula is C9H15N3S. The summed E-state index contributed by atoms with van der Waals surface area (Å²) in [4.78, 5) is 8.29. The van der Waals surface area contributed by atoms with Gasteiger partial charge in [0.25, 0.3) is 0 Å². The average Bonchev–Trinajstić information content (AvgIpc) is 2.15. The fraction of sp³-hybridized carbons (Fsp3) is 0.556. The highest BCUT2D eigenvalue weighted by molar-refractivity contribution is 7.98. The number of aryl methyl sites for hydroxylation is 1. The van der Waals surface area contributed by atoms with E-state index in [9.17, 15) is 0 Å². The van der Waals surface area contributed by atoms with E-state index in [4.69, 9.17) is 0 Å². The monoisotopic (exact) mass is 197 g/mol. The van der Waals surface area contributed by atoms with Crippen LogP contribution in [0.2, 0.25) is 0 Å². The Kier molecular flexibility index (Phi) is 4.60. The van der Waals surface area contributed by atoms with E-state index in [1.54, 1.807) is 0 Å². The van der Waals surface area contributed by atoms with E-state index < -0.39 is 0 Å². The molecule has 0 fully saturated rings. The molecule has 0 aliphatic heterocycles. The first-order chi connectivity index (χ1) is 6.33. The first-order valence-electron chi connectivity index (χ1n) is 4.34. The van der Waals surface area contributed by atoms with Gasteiger partial charge in [-0.3, -0.25) is 0 Å². The Morgan fingerprint density at radius 1 is 1.38 bits per heavy atom. The summed E-state index contributed by atoms with van der Waals surface area (Å²) in [6, 6.07) is 0. The van der Waals surface area contributed by atoms with Crippen molar-refractivity contribution in [1.29, 1.82) is 0 Å². The minimum Gasteiger partial charge on any atom is -0.354 e. The van der Waals surface area contributed by atoms with Crippen LogP contribution in [-0.2, 0) is 0 Å². The molecule has 4 heteroatoms. The van der Waals surface area contributed by atoms with Crippen molar-refractivity contribution in [2.24, 2.45) is 0 Å². The summed E-state index contributed by atoms with van der Waals surface area (Å²) < 4.78 is 0. The lowest BCUT2D eigenvalue weighted by Crippen LogP contribution is -2.05. The van der Waals surface area contributed by atoms with Gasteiger partial charge in [0, 0.05) is 18.9 Å².